The molecule has 146 valence electrons. The van der Waals surface area contributed by atoms with Crippen molar-refractivity contribution < 1.29 is 4.79 Å². The predicted octanol–water partition coefficient (Wildman–Crippen LogP) is 3.01. The van der Waals surface area contributed by atoms with E-state index >= 15 is 0 Å². The first-order valence-corrected chi connectivity index (χ1v) is 9.73. The number of nitrogens with one attached hydrogen (secondary N) is 1. The van der Waals surface area contributed by atoms with Gasteiger partial charge in [-0.25, -0.2) is 5.43 Å². The Morgan fingerprint density at radius 2 is 1.57 bits per heavy atom. The standard InChI is InChI=1S/C23H28N4O/c1-20(16-21-8-4-2-5-9-21)17-24-25-23(28)19-27-14-12-26(13-15-27)18-22-10-6-3-7-11-22/h2-11,16-17H,12-15,18-19H2,1H3,(H,25,28)/b20-16+,24-17-. The zero-order valence-corrected chi connectivity index (χ0v) is 16.4. The zero-order chi connectivity index (χ0) is 19.6. The third-order valence-corrected chi connectivity index (χ3v) is 4.73. The summed E-state index contributed by atoms with van der Waals surface area (Å²) in [5.74, 6) is -0.0692. The Morgan fingerprint density at radius 3 is 2.25 bits per heavy atom. The van der Waals surface area contributed by atoms with E-state index in [1.54, 1.807) is 6.21 Å². The molecule has 0 aromatic heterocycles. The minimum absolute atomic E-state index is 0.0692. The molecule has 5 nitrogen and oxygen atoms in total. The number of allylic oxidation sites excluding steroid dienone is 1. The highest BCUT2D eigenvalue weighted by atomic mass is 16.2. The summed E-state index contributed by atoms with van der Waals surface area (Å²) in [6.45, 7) is 7.08. The first-order chi connectivity index (χ1) is 13.7. The summed E-state index contributed by atoms with van der Waals surface area (Å²) in [6.07, 6.45) is 3.71. The van der Waals surface area contributed by atoms with E-state index in [1.807, 2.05) is 49.4 Å². The fraction of sp³-hybridized carbons (Fsp3) is 0.304. The summed E-state index contributed by atoms with van der Waals surface area (Å²) in [4.78, 5) is 16.7. The molecule has 0 bridgehead atoms. The van der Waals surface area contributed by atoms with Crippen molar-refractivity contribution in [1.29, 1.82) is 0 Å². The summed E-state index contributed by atoms with van der Waals surface area (Å²) in [5, 5.41) is 4.07. The monoisotopic (exact) mass is 376 g/mol. The van der Waals surface area contributed by atoms with Crippen LogP contribution in [-0.4, -0.2) is 54.6 Å². The normalized spacial score (nSPS) is 16.4. The quantitative estimate of drug-likeness (QED) is 0.597. The molecule has 0 saturated carbocycles. The van der Waals surface area contributed by atoms with E-state index in [0.29, 0.717) is 6.54 Å². The molecule has 0 radical (unpaired) electrons. The minimum Gasteiger partial charge on any atom is -0.297 e. The highest BCUT2D eigenvalue weighted by Crippen LogP contribution is 2.08. The van der Waals surface area contributed by atoms with Crippen molar-refractivity contribution in [2.75, 3.05) is 32.7 Å². The molecule has 0 unspecified atom stereocenters. The second-order valence-corrected chi connectivity index (χ2v) is 7.13. The molecule has 2 aromatic rings. The van der Waals surface area contributed by atoms with Gasteiger partial charge in [-0.1, -0.05) is 66.7 Å². The van der Waals surface area contributed by atoms with Crippen LogP contribution in [0.4, 0.5) is 0 Å². The molecule has 0 aliphatic carbocycles. The maximum atomic E-state index is 12.1. The smallest absolute Gasteiger partial charge is 0.254 e. The predicted molar refractivity (Wildman–Crippen MR) is 115 cm³/mol. The lowest BCUT2D eigenvalue weighted by molar-refractivity contribution is -0.122. The van der Waals surface area contributed by atoms with Gasteiger partial charge in [0, 0.05) is 32.7 Å². The van der Waals surface area contributed by atoms with Crippen LogP contribution in [0.3, 0.4) is 0 Å². The summed E-state index contributed by atoms with van der Waals surface area (Å²) >= 11 is 0. The lowest BCUT2D eigenvalue weighted by atomic mass is 10.1. The Kier molecular flexibility index (Phi) is 7.53. The maximum absolute atomic E-state index is 12.1. The van der Waals surface area contributed by atoms with E-state index in [9.17, 15) is 4.79 Å². The Bertz CT molecular complexity index is 794. The number of benzene rings is 2. The minimum atomic E-state index is -0.0692. The number of hydrogen-bond acceptors (Lipinski definition) is 4. The molecule has 0 spiro atoms. The van der Waals surface area contributed by atoms with Crippen molar-refractivity contribution in [3.63, 3.8) is 0 Å². The van der Waals surface area contributed by atoms with Gasteiger partial charge in [0.1, 0.15) is 0 Å². The molecule has 1 N–H and O–H groups in total. The second kappa shape index (κ2) is 10.5. The van der Waals surface area contributed by atoms with Gasteiger partial charge in [0.25, 0.3) is 5.91 Å². The summed E-state index contributed by atoms with van der Waals surface area (Å²) < 4.78 is 0. The van der Waals surface area contributed by atoms with E-state index in [-0.39, 0.29) is 5.91 Å². The third kappa shape index (κ3) is 6.76. The largest absolute Gasteiger partial charge is 0.297 e. The number of carbonyl (C=O) groups excluding carboxylic acids is 1. The van der Waals surface area contributed by atoms with Crippen LogP contribution in [0.15, 0.2) is 71.3 Å². The first kappa shape index (κ1) is 20.0. The summed E-state index contributed by atoms with van der Waals surface area (Å²) in [7, 11) is 0. The maximum Gasteiger partial charge on any atom is 0.254 e. The number of carbonyl (C=O) groups is 1. The Morgan fingerprint density at radius 1 is 0.964 bits per heavy atom. The van der Waals surface area contributed by atoms with E-state index in [2.05, 4.69) is 44.6 Å². The van der Waals surface area contributed by atoms with Gasteiger partial charge < -0.3 is 0 Å². The highest BCUT2D eigenvalue weighted by Gasteiger charge is 2.18. The van der Waals surface area contributed by atoms with Gasteiger partial charge >= 0.3 is 0 Å². The molecule has 5 heteroatoms. The van der Waals surface area contributed by atoms with Gasteiger partial charge in [-0.2, -0.15) is 5.10 Å². The van der Waals surface area contributed by atoms with Crippen molar-refractivity contribution in [3.05, 3.63) is 77.4 Å². The van der Waals surface area contributed by atoms with Crippen LogP contribution in [0.25, 0.3) is 6.08 Å². The van der Waals surface area contributed by atoms with Gasteiger partial charge in [-0.3, -0.25) is 14.6 Å². The summed E-state index contributed by atoms with van der Waals surface area (Å²) in [6, 6.07) is 20.6. The zero-order valence-electron chi connectivity index (χ0n) is 16.4. The molecule has 1 aliphatic rings. The number of hydrogen-bond donors (Lipinski definition) is 1. The van der Waals surface area contributed by atoms with Crippen LogP contribution in [0.1, 0.15) is 18.1 Å². The Labute approximate surface area is 167 Å². The third-order valence-electron chi connectivity index (χ3n) is 4.73. The van der Waals surface area contributed by atoms with Crippen molar-refractivity contribution in [3.8, 4) is 0 Å². The SMILES string of the molecule is CC(/C=N\NC(=O)CN1CCN(Cc2ccccc2)CC1)=C\c1ccccc1. The lowest BCUT2D eigenvalue weighted by Crippen LogP contribution is -2.48. The Hall–Kier alpha value is -2.76. The molecule has 1 heterocycles. The van der Waals surface area contributed by atoms with Crippen molar-refractivity contribution in [2.24, 2.45) is 5.10 Å². The molecule has 1 saturated heterocycles. The molecule has 1 aliphatic heterocycles. The number of nitrogens with zero attached hydrogens (tertiary/aromatic N) is 3. The number of hydrazone groups is 1. The number of rotatable bonds is 7. The molecule has 1 fully saturated rings. The van der Waals surface area contributed by atoms with E-state index in [4.69, 9.17) is 0 Å². The molecule has 3 rings (SSSR count). The van der Waals surface area contributed by atoms with Gasteiger partial charge in [-0.15, -0.1) is 0 Å². The van der Waals surface area contributed by atoms with E-state index < -0.39 is 0 Å². The summed E-state index contributed by atoms with van der Waals surface area (Å²) in [5.41, 5.74) is 6.07. The van der Waals surface area contributed by atoms with Crippen molar-refractivity contribution in [1.82, 2.24) is 15.2 Å². The van der Waals surface area contributed by atoms with Gasteiger partial charge in [-0.05, 0) is 23.6 Å². The topological polar surface area (TPSA) is 47.9 Å². The second-order valence-electron chi connectivity index (χ2n) is 7.13. The molecular weight excluding hydrogens is 348 g/mol. The van der Waals surface area contributed by atoms with Crippen molar-refractivity contribution in [2.45, 2.75) is 13.5 Å². The molecule has 28 heavy (non-hydrogen) atoms. The van der Waals surface area contributed by atoms with Gasteiger partial charge in [0.05, 0.1) is 12.8 Å². The fourth-order valence-corrected chi connectivity index (χ4v) is 3.24. The van der Waals surface area contributed by atoms with Crippen LogP contribution in [0, 0.1) is 0 Å². The van der Waals surface area contributed by atoms with Crippen LogP contribution >= 0.6 is 0 Å². The van der Waals surface area contributed by atoms with Crippen LogP contribution in [0.5, 0.6) is 0 Å². The average Bonchev–Trinajstić information content (AvgIpc) is 2.71. The lowest BCUT2D eigenvalue weighted by Gasteiger charge is -2.34. The fourth-order valence-electron chi connectivity index (χ4n) is 3.24. The van der Waals surface area contributed by atoms with Gasteiger partial charge in [0.2, 0.25) is 0 Å². The van der Waals surface area contributed by atoms with Crippen LogP contribution in [0.2, 0.25) is 0 Å². The molecule has 0 atom stereocenters. The Balaban J connectivity index is 1.37. The molecular formula is C23H28N4O. The van der Waals surface area contributed by atoms with Crippen molar-refractivity contribution >= 4 is 18.2 Å². The molecule has 1 amide bonds. The van der Waals surface area contributed by atoms with Gasteiger partial charge in [0.15, 0.2) is 0 Å². The van der Waals surface area contributed by atoms with E-state index in [0.717, 1.165) is 43.9 Å². The number of amides is 1. The van der Waals surface area contributed by atoms with Crippen LogP contribution < -0.4 is 5.43 Å². The van der Waals surface area contributed by atoms with E-state index in [1.165, 1.54) is 5.56 Å². The number of piperazine rings is 1. The average molecular weight is 377 g/mol. The molecule has 2 aromatic carbocycles. The highest BCUT2D eigenvalue weighted by molar-refractivity contribution is 5.86. The van der Waals surface area contributed by atoms with Crippen LogP contribution in [-0.2, 0) is 11.3 Å². The first-order valence-electron chi connectivity index (χ1n) is 9.73.